The Bertz CT molecular complexity index is 543. The molecular weight excluding hydrogens is 228 g/mol. The Hall–Kier alpha value is -2.10. The molecule has 0 radical (unpaired) electrons. The van der Waals surface area contributed by atoms with E-state index in [9.17, 15) is 4.79 Å². The summed E-state index contributed by atoms with van der Waals surface area (Å²) < 4.78 is 5.51. The molecule has 4 heteroatoms. The Morgan fingerprint density at radius 1 is 1.33 bits per heavy atom. The largest absolute Gasteiger partial charge is 0.464 e. The summed E-state index contributed by atoms with van der Waals surface area (Å²) >= 11 is 0. The van der Waals surface area contributed by atoms with Crippen LogP contribution < -0.4 is 4.90 Å². The fourth-order valence-corrected chi connectivity index (χ4v) is 1.70. The number of Topliss-reactive ketones (excluding diaryl/α,β-unsaturated/α-hetero) is 1. The van der Waals surface area contributed by atoms with E-state index in [1.807, 2.05) is 37.1 Å². The standard InChI is InChI=1S/C14H16N2O2/c1-10-4-6-13(18-10)9-16(3)14-7-5-12(8-15-14)11(2)17/h4-8H,9H2,1-3H3. The van der Waals surface area contributed by atoms with Gasteiger partial charge in [0.05, 0.1) is 6.54 Å². The number of nitrogens with zero attached hydrogens (tertiary/aromatic N) is 2. The molecule has 0 aromatic carbocycles. The first kappa shape index (κ1) is 12.4. The molecule has 18 heavy (non-hydrogen) atoms. The lowest BCUT2D eigenvalue weighted by atomic mass is 10.2. The molecule has 2 aromatic heterocycles. The number of aromatic nitrogens is 1. The van der Waals surface area contributed by atoms with Crippen LogP contribution >= 0.6 is 0 Å². The molecule has 2 rings (SSSR count). The van der Waals surface area contributed by atoms with Gasteiger partial charge in [0.1, 0.15) is 17.3 Å². The topological polar surface area (TPSA) is 46.3 Å². The Kier molecular flexibility index (Phi) is 3.46. The molecule has 0 saturated heterocycles. The van der Waals surface area contributed by atoms with E-state index in [1.165, 1.54) is 6.92 Å². The third-order valence-corrected chi connectivity index (χ3v) is 2.73. The van der Waals surface area contributed by atoms with Crippen LogP contribution in [0.1, 0.15) is 28.8 Å². The number of aryl methyl sites for hydroxylation is 1. The maximum atomic E-state index is 11.2. The zero-order valence-electron chi connectivity index (χ0n) is 10.8. The average Bonchev–Trinajstić information content (AvgIpc) is 2.75. The lowest BCUT2D eigenvalue weighted by Gasteiger charge is -2.16. The molecule has 4 nitrogen and oxygen atoms in total. The van der Waals surface area contributed by atoms with Crippen molar-refractivity contribution in [2.45, 2.75) is 20.4 Å². The predicted octanol–water partition coefficient (Wildman–Crippen LogP) is 2.82. The summed E-state index contributed by atoms with van der Waals surface area (Å²) in [6.45, 7) is 4.11. The summed E-state index contributed by atoms with van der Waals surface area (Å²) in [4.78, 5) is 17.4. The number of carbonyl (C=O) groups is 1. The SMILES string of the molecule is CC(=O)c1ccc(N(C)Cc2ccc(C)o2)nc1. The minimum atomic E-state index is 0.0263. The quantitative estimate of drug-likeness (QED) is 0.776. The molecule has 0 aliphatic heterocycles. The number of pyridine rings is 1. The van der Waals surface area contributed by atoms with Crippen molar-refractivity contribution in [1.29, 1.82) is 0 Å². The van der Waals surface area contributed by atoms with Gasteiger partial charge in [-0.2, -0.15) is 0 Å². The summed E-state index contributed by atoms with van der Waals surface area (Å²) in [5, 5.41) is 0. The Balaban J connectivity index is 2.09. The minimum Gasteiger partial charge on any atom is -0.464 e. The fourth-order valence-electron chi connectivity index (χ4n) is 1.70. The highest BCUT2D eigenvalue weighted by Crippen LogP contribution is 2.15. The van der Waals surface area contributed by atoms with Crippen molar-refractivity contribution in [3.8, 4) is 0 Å². The van der Waals surface area contributed by atoms with Crippen molar-refractivity contribution in [3.63, 3.8) is 0 Å². The highest BCUT2D eigenvalue weighted by molar-refractivity contribution is 5.93. The zero-order chi connectivity index (χ0) is 13.1. The number of ketones is 1. The van der Waals surface area contributed by atoms with E-state index in [0.29, 0.717) is 12.1 Å². The first-order chi connectivity index (χ1) is 8.56. The number of carbonyl (C=O) groups excluding carboxylic acids is 1. The summed E-state index contributed by atoms with van der Waals surface area (Å²) in [5.41, 5.74) is 0.626. The molecule has 0 bridgehead atoms. The van der Waals surface area contributed by atoms with Crippen LogP contribution in [0, 0.1) is 6.92 Å². The van der Waals surface area contributed by atoms with Gasteiger partial charge in [-0.25, -0.2) is 4.98 Å². The monoisotopic (exact) mass is 244 g/mol. The van der Waals surface area contributed by atoms with Crippen LogP contribution in [0.4, 0.5) is 5.82 Å². The van der Waals surface area contributed by atoms with Crippen LogP contribution in [0.5, 0.6) is 0 Å². The molecule has 0 N–H and O–H groups in total. The first-order valence-corrected chi connectivity index (χ1v) is 5.79. The normalized spacial score (nSPS) is 10.4. The van der Waals surface area contributed by atoms with Crippen LogP contribution in [-0.4, -0.2) is 17.8 Å². The van der Waals surface area contributed by atoms with E-state index in [2.05, 4.69) is 4.98 Å². The summed E-state index contributed by atoms with van der Waals surface area (Å²) in [6, 6.07) is 7.52. The second kappa shape index (κ2) is 5.04. The third-order valence-electron chi connectivity index (χ3n) is 2.73. The molecule has 2 heterocycles. The molecule has 0 fully saturated rings. The average molecular weight is 244 g/mol. The molecule has 0 atom stereocenters. The van der Waals surface area contributed by atoms with Gasteiger partial charge in [0.15, 0.2) is 5.78 Å². The Morgan fingerprint density at radius 3 is 2.61 bits per heavy atom. The van der Waals surface area contributed by atoms with Crippen molar-refractivity contribution >= 4 is 11.6 Å². The zero-order valence-corrected chi connectivity index (χ0v) is 10.8. The number of furan rings is 1. The van der Waals surface area contributed by atoms with Gasteiger partial charge in [-0.15, -0.1) is 0 Å². The highest BCUT2D eigenvalue weighted by Gasteiger charge is 2.07. The molecule has 0 unspecified atom stereocenters. The first-order valence-electron chi connectivity index (χ1n) is 5.79. The van der Waals surface area contributed by atoms with Gasteiger partial charge in [0, 0.05) is 18.8 Å². The molecule has 0 spiro atoms. The minimum absolute atomic E-state index is 0.0263. The molecule has 0 aliphatic carbocycles. The highest BCUT2D eigenvalue weighted by atomic mass is 16.3. The molecular formula is C14H16N2O2. The Morgan fingerprint density at radius 2 is 2.11 bits per heavy atom. The second-order valence-electron chi connectivity index (χ2n) is 4.33. The third kappa shape index (κ3) is 2.77. The van der Waals surface area contributed by atoms with Gasteiger partial charge >= 0.3 is 0 Å². The molecule has 0 amide bonds. The van der Waals surface area contributed by atoms with Gasteiger partial charge in [0.25, 0.3) is 0 Å². The van der Waals surface area contributed by atoms with Gasteiger partial charge in [-0.05, 0) is 38.1 Å². The van der Waals surface area contributed by atoms with Crippen LogP contribution in [0.25, 0.3) is 0 Å². The van der Waals surface area contributed by atoms with Gasteiger partial charge in [0.2, 0.25) is 0 Å². The van der Waals surface area contributed by atoms with Crippen LogP contribution in [0.3, 0.4) is 0 Å². The number of hydrogen-bond donors (Lipinski definition) is 0. The van der Waals surface area contributed by atoms with Crippen LogP contribution in [-0.2, 0) is 6.54 Å². The molecule has 94 valence electrons. The molecule has 0 aliphatic rings. The van der Waals surface area contributed by atoms with E-state index in [-0.39, 0.29) is 5.78 Å². The van der Waals surface area contributed by atoms with Crippen molar-refractivity contribution in [1.82, 2.24) is 4.98 Å². The van der Waals surface area contributed by atoms with Crippen molar-refractivity contribution in [2.24, 2.45) is 0 Å². The number of hydrogen-bond acceptors (Lipinski definition) is 4. The van der Waals surface area contributed by atoms with Crippen molar-refractivity contribution < 1.29 is 9.21 Å². The molecule has 0 saturated carbocycles. The summed E-state index contributed by atoms with van der Waals surface area (Å²) in [6.07, 6.45) is 1.60. The smallest absolute Gasteiger partial charge is 0.161 e. The van der Waals surface area contributed by atoms with Gasteiger partial charge in [-0.1, -0.05) is 0 Å². The maximum absolute atomic E-state index is 11.2. The summed E-state index contributed by atoms with van der Waals surface area (Å²) in [5.74, 6) is 2.64. The van der Waals surface area contributed by atoms with Crippen molar-refractivity contribution in [2.75, 3.05) is 11.9 Å². The van der Waals surface area contributed by atoms with E-state index >= 15 is 0 Å². The summed E-state index contributed by atoms with van der Waals surface area (Å²) in [7, 11) is 1.94. The van der Waals surface area contributed by atoms with Gasteiger partial charge in [-0.3, -0.25) is 4.79 Å². The van der Waals surface area contributed by atoms with E-state index in [0.717, 1.165) is 17.3 Å². The number of rotatable bonds is 4. The number of anilines is 1. The lowest BCUT2D eigenvalue weighted by Crippen LogP contribution is -2.17. The van der Waals surface area contributed by atoms with E-state index in [1.54, 1.807) is 12.3 Å². The second-order valence-corrected chi connectivity index (χ2v) is 4.33. The molecule has 2 aromatic rings. The van der Waals surface area contributed by atoms with E-state index in [4.69, 9.17) is 4.42 Å². The lowest BCUT2D eigenvalue weighted by molar-refractivity contribution is 0.101. The predicted molar refractivity (Wildman–Crippen MR) is 69.8 cm³/mol. The van der Waals surface area contributed by atoms with Crippen molar-refractivity contribution in [3.05, 3.63) is 47.5 Å². The van der Waals surface area contributed by atoms with Gasteiger partial charge < -0.3 is 9.32 Å². The fraction of sp³-hybridized carbons (Fsp3) is 0.286. The van der Waals surface area contributed by atoms with E-state index < -0.39 is 0 Å². The van der Waals surface area contributed by atoms with Crippen LogP contribution in [0.15, 0.2) is 34.9 Å². The maximum Gasteiger partial charge on any atom is 0.161 e. The Labute approximate surface area is 106 Å². The van der Waals surface area contributed by atoms with Crippen LogP contribution in [0.2, 0.25) is 0 Å².